The van der Waals surface area contributed by atoms with E-state index >= 15 is 0 Å². The molecule has 128 valence electrons. The lowest BCUT2D eigenvalue weighted by molar-refractivity contribution is 0.0950. The minimum absolute atomic E-state index is 0.102. The first-order valence-corrected chi connectivity index (χ1v) is 7.24. The maximum atomic E-state index is 12.4. The van der Waals surface area contributed by atoms with E-state index in [0.717, 1.165) is 5.56 Å². The van der Waals surface area contributed by atoms with Gasteiger partial charge in [-0.2, -0.15) is 0 Å². The van der Waals surface area contributed by atoms with Gasteiger partial charge in [-0.1, -0.05) is 6.07 Å². The lowest BCUT2D eigenvalue weighted by Crippen LogP contribution is -2.24. The topological polar surface area (TPSA) is 78.8 Å². The Morgan fingerprint density at radius 1 is 1.08 bits per heavy atom. The third-order valence-electron chi connectivity index (χ3n) is 3.53. The van der Waals surface area contributed by atoms with Crippen LogP contribution in [0.5, 0.6) is 17.2 Å². The number of carbonyl (C=O) groups excluding carboxylic acids is 1. The molecular formula is C17H20N2O5. The standard InChI is InChI=1S/C17H20N2O5/c1-19-10-11(5-6-15(19)20)9-18-17(21)12-7-13(22-2)16(24-4)14(8-12)23-3/h5-8,10H,9H2,1-4H3,(H,18,21). The van der Waals surface area contributed by atoms with Gasteiger partial charge >= 0.3 is 0 Å². The number of nitrogens with zero attached hydrogens (tertiary/aromatic N) is 1. The Morgan fingerprint density at radius 3 is 2.21 bits per heavy atom. The number of nitrogens with one attached hydrogen (secondary N) is 1. The maximum Gasteiger partial charge on any atom is 0.251 e. The number of ether oxygens (including phenoxy) is 3. The van der Waals surface area contributed by atoms with Gasteiger partial charge in [0.1, 0.15) is 0 Å². The van der Waals surface area contributed by atoms with Crippen molar-refractivity contribution in [2.45, 2.75) is 6.54 Å². The van der Waals surface area contributed by atoms with Crippen LogP contribution in [0.3, 0.4) is 0 Å². The molecule has 2 aromatic rings. The van der Waals surface area contributed by atoms with Crippen molar-refractivity contribution in [2.24, 2.45) is 7.05 Å². The number of amides is 1. The molecule has 7 heteroatoms. The number of rotatable bonds is 6. The van der Waals surface area contributed by atoms with Gasteiger partial charge < -0.3 is 24.1 Å². The van der Waals surface area contributed by atoms with Gasteiger partial charge in [0.15, 0.2) is 11.5 Å². The molecule has 1 aromatic carbocycles. The van der Waals surface area contributed by atoms with Crippen LogP contribution in [0.2, 0.25) is 0 Å². The van der Waals surface area contributed by atoms with Gasteiger partial charge in [0.25, 0.3) is 5.91 Å². The van der Waals surface area contributed by atoms with Crippen LogP contribution in [0.25, 0.3) is 0 Å². The third kappa shape index (κ3) is 3.68. The Bertz CT molecular complexity index is 773. The Balaban J connectivity index is 2.20. The molecule has 0 atom stereocenters. The second-order valence-corrected chi connectivity index (χ2v) is 5.08. The second-order valence-electron chi connectivity index (χ2n) is 5.08. The fourth-order valence-corrected chi connectivity index (χ4v) is 2.25. The van der Waals surface area contributed by atoms with Crippen molar-refractivity contribution in [3.05, 3.63) is 51.9 Å². The van der Waals surface area contributed by atoms with E-state index in [1.807, 2.05) is 0 Å². The van der Waals surface area contributed by atoms with Crippen molar-refractivity contribution in [2.75, 3.05) is 21.3 Å². The molecule has 0 aliphatic carbocycles. The van der Waals surface area contributed by atoms with Gasteiger partial charge in [-0.05, 0) is 17.7 Å². The van der Waals surface area contributed by atoms with Crippen molar-refractivity contribution in [1.82, 2.24) is 9.88 Å². The highest BCUT2D eigenvalue weighted by Crippen LogP contribution is 2.38. The maximum absolute atomic E-state index is 12.4. The molecule has 0 unspecified atom stereocenters. The predicted octanol–water partition coefficient (Wildman–Crippen LogP) is 1.34. The third-order valence-corrected chi connectivity index (χ3v) is 3.53. The molecule has 0 bridgehead atoms. The molecule has 1 aromatic heterocycles. The molecule has 1 heterocycles. The number of aromatic nitrogens is 1. The summed E-state index contributed by atoms with van der Waals surface area (Å²) in [4.78, 5) is 23.7. The molecule has 0 fully saturated rings. The molecule has 0 saturated carbocycles. The van der Waals surface area contributed by atoms with Crippen molar-refractivity contribution in [1.29, 1.82) is 0 Å². The van der Waals surface area contributed by atoms with E-state index in [0.29, 0.717) is 29.4 Å². The average Bonchev–Trinajstić information content (AvgIpc) is 2.60. The average molecular weight is 332 g/mol. The van der Waals surface area contributed by atoms with E-state index in [9.17, 15) is 9.59 Å². The minimum atomic E-state index is -0.289. The van der Waals surface area contributed by atoms with Crippen LogP contribution in [-0.4, -0.2) is 31.8 Å². The summed E-state index contributed by atoms with van der Waals surface area (Å²) in [6.45, 7) is 0.295. The Morgan fingerprint density at radius 2 is 1.71 bits per heavy atom. The lowest BCUT2D eigenvalue weighted by Gasteiger charge is -2.14. The highest BCUT2D eigenvalue weighted by atomic mass is 16.5. The Kier molecular flexibility index (Phi) is 5.47. The number of hydrogen-bond acceptors (Lipinski definition) is 5. The van der Waals surface area contributed by atoms with E-state index in [1.54, 1.807) is 31.4 Å². The largest absolute Gasteiger partial charge is 0.493 e. The molecule has 1 amide bonds. The highest BCUT2D eigenvalue weighted by Gasteiger charge is 2.16. The predicted molar refractivity (Wildman–Crippen MR) is 89.0 cm³/mol. The van der Waals surface area contributed by atoms with Crippen LogP contribution >= 0.6 is 0 Å². The van der Waals surface area contributed by atoms with E-state index in [4.69, 9.17) is 14.2 Å². The number of pyridine rings is 1. The fourth-order valence-electron chi connectivity index (χ4n) is 2.25. The number of hydrogen-bond donors (Lipinski definition) is 1. The SMILES string of the molecule is COc1cc(C(=O)NCc2ccc(=O)n(C)c2)cc(OC)c1OC. The number of benzene rings is 1. The summed E-state index contributed by atoms with van der Waals surface area (Å²) in [5.74, 6) is 0.950. The number of carbonyl (C=O) groups is 1. The number of aryl methyl sites for hydroxylation is 1. The molecule has 0 saturated heterocycles. The number of methoxy groups -OCH3 is 3. The normalized spacial score (nSPS) is 10.2. The van der Waals surface area contributed by atoms with Gasteiger partial charge in [0, 0.05) is 31.4 Å². The molecule has 1 N–H and O–H groups in total. The van der Waals surface area contributed by atoms with Crippen molar-refractivity contribution >= 4 is 5.91 Å². The van der Waals surface area contributed by atoms with Crippen LogP contribution in [0, 0.1) is 0 Å². The van der Waals surface area contributed by atoms with E-state index < -0.39 is 0 Å². The van der Waals surface area contributed by atoms with Crippen molar-refractivity contribution in [3.8, 4) is 17.2 Å². The molecule has 0 radical (unpaired) electrons. The summed E-state index contributed by atoms with van der Waals surface area (Å²) >= 11 is 0. The second kappa shape index (κ2) is 7.54. The van der Waals surface area contributed by atoms with Gasteiger partial charge in [-0.25, -0.2) is 0 Å². The first kappa shape index (κ1) is 17.4. The summed E-state index contributed by atoms with van der Waals surface area (Å²) in [6.07, 6.45) is 1.68. The molecular weight excluding hydrogens is 312 g/mol. The summed E-state index contributed by atoms with van der Waals surface area (Å²) in [6, 6.07) is 6.30. The highest BCUT2D eigenvalue weighted by molar-refractivity contribution is 5.95. The monoisotopic (exact) mass is 332 g/mol. The van der Waals surface area contributed by atoms with Crippen molar-refractivity contribution < 1.29 is 19.0 Å². The molecule has 0 aliphatic heterocycles. The van der Waals surface area contributed by atoms with Gasteiger partial charge in [-0.3, -0.25) is 9.59 Å². The van der Waals surface area contributed by atoms with Crippen LogP contribution < -0.4 is 25.1 Å². The zero-order valence-electron chi connectivity index (χ0n) is 14.1. The first-order chi connectivity index (χ1) is 11.5. The summed E-state index contributed by atoms with van der Waals surface area (Å²) in [7, 11) is 6.14. The van der Waals surface area contributed by atoms with Crippen LogP contribution in [0.15, 0.2) is 35.3 Å². The van der Waals surface area contributed by atoms with E-state index in [2.05, 4.69) is 5.32 Å². The molecule has 24 heavy (non-hydrogen) atoms. The summed E-state index contributed by atoms with van der Waals surface area (Å²) in [5.41, 5.74) is 1.10. The smallest absolute Gasteiger partial charge is 0.251 e. The van der Waals surface area contributed by atoms with Crippen LogP contribution in [-0.2, 0) is 13.6 Å². The Labute approximate surface area is 139 Å². The van der Waals surface area contributed by atoms with E-state index in [1.165, 1.54) is 32.0 Å². The fraction of sp³-hybridized carbons (Fsp3) is 0.294. The molecule has 2 rings (SSSR count). The van der Waals surface area contributed by atoms with Crippen LogP contribution in [0.4, 0.5) is 0 Å². The molecule has 0 spiro atoms. The molecule has 0 aliphatic rings. The zero-order chi connectivity index (χ0) is 17.7. The van der Waals surface area contributed by atoms with Crippen molar-refractivity contribution in [3.63, 3.8) is 0 Å². The minimum Gasteiger partial charge on any atom is -0.493 e. The van der Waals surface area contributed by atoms with E-state index in [-0.39, 0.29) is 11.5 Å². The van der Waals surface area contributed by atoms with Gasteiger partial charge in [0.05, 0.1) is 21.3 Å². The first-order valence-electron chi connectivity index (χ1n) is 7.24. The zero-order valence-corrected chi connectivity index (χ0v) is 14.1. The summed E-state index contributed by atoms with van der Waals surface area (Å²) < 4.78 is 17.2. The summed E-state index contributed by atoms with van der Waals surface area (Å²) in [5, 5.41) is 2.80. The molecule has 7 nitrogen and oxygen atoms in total. The lowest BCUT2D eigenvalue weighted by atomic mass is 10.1. The van der Waals surface area contributed by atoms with Gasteiger partial charge in [0.2, 0.25) is 11.3 Å². The quantitative estimate of drug-likeness (QED) is 0.864. The van der Waals surface area contributed by atoms with Crippen LogP contribution in [0.1, 0.15) is 15.9 Å². The Hall–Kier alpha value is -2.96. The van der Waals surface area contributed by atoms with Gasteiger partial charge in [-0.15, -0.1) is 0 Å².